The van der Waals surface area contributed by atoms with Gasteiger partial charge in [0.05, 0.1) is 4.34 Å². The lowest BCUT2D eigenvalue weighted by atomic mass is 9.95. The molecule has 17 heavy (non-hydrogen) atoms. The fourth-order valence-electron chi connectivity index (χ4n) is 3.45. The highest BCUT2D eigenvalue weighted by molar-refractivity contribution is 7.14. The van der Waals surface area contributed by atoms with Crippen LogP contribution < -0.4 is 5.32 Å². The van der Waals surface area contributed by atoms with Crippen molar-refractivity contribution in [3.8, 4) is 0 Å². The lowest BCUT2D eigenvalue weighted by molar-refractivity contribution is 0.182. The van der Waals surface area contributed by atoms with E-state index in [1.54, 1.807) is 11.3 Å². The van der Waals surface area contributed by atoms with Crippen LogP contribution in [0.3, 0.4) is 0 Å². The van der Waals surface area contributed by atoms with Crippen molar-refractivity contribution in [1.82, 2.24) is 10.2 Å². The summed E-state index contributed by atoms with van der Waals surface area (Å²) in [7, 11) is 0. The number of hydrogen-bond donors (Lipinski definition) is 1. The predicted octanol–water partition coefficient (Wildman–Crippen LogP) is 3.00. The predicted molar refractivity (Wildman–Crippen MR) is 73.8 cm³/mol. The van der Waals surface area contributed by atoms with Gasteiger partial charge in [-0.15, -0.1) is 11.3 Å². The average molecular weight is 271 g/mol. The van der Waals surface area contributed by atoms with E-state index >= 15 is 0 Å². The molecule has 3 rings (SSSR count). The van der Waals surface area contributed by atoms with E-state index in [1.807, 2.05) is 0 Å². The molecule has 0 radical (unpaired) electrons. The highest BCUT2D eigenvalue weighted by Gasteiger charge is 2.43. The zero-order valence-corrected chi connectivity index (χ0v) is 11.9. The van der Waals surface area contributed by atoms with E-state index in [2.05, 4.69) is 35.5 Å². The van der Waals surface area contributed by atoms with Crippen molar-refractivity contribution in [2.24, 2.45) is 11.8 Å². The Morgan fingerprint density at radius 3 is 3.00 bits per heavy atom. The molecule has 0 aliphatic carbocycles. The molecule has 2 nitrogen and oxygen atoms in total. The molecule has 0 spiro atoms. The molecule has 1 aromatic rings. The molecular formula is C13H19ClN2S. The Morgan fingerprint density at radius 2 is 2.35 bits per heavy atom. The summed E-state index contributed by atoms with van der Waals surface area (Å²) < 4.78 is 0.903. The van der Waals surface area contributed by atoms with Crippen LogP contribution in [0.1, 0.15) is 25.5 Å². The van der Waals surface area contributed by atoms with Gasteiger partial charge in [-0.1, -0.05) is 11.6 Å². The second-order valence-electron chi connectivity index (χ2n) is 5.38. The Morgan fingerprint density at radius 1 is 1.53 bits per heavy atom. The van der Waals surface area contributed by atoms with E-state index in [1.165, 1.54) is 25.2 Å². The summed E-state index contributed by atoms with van der Waals surface area (Å²) >= 11 is 7.67. The topological polar surface area (TPSA) is 15.3 Å². The average Bonchev–Trinajstić information content (AvgIpc) is 2.96. The van der Waals surface area contributed by atoms with E-state index in [-0.39, 0.29) is 0 Å². The van der Waals surface area contributed by atoms with Gasteiger partial charge in [-0.3, -0.25) is 4.90 Å². The molecule has 0 amide bonds. The number of nitrogens with one attached hydrogen (secondary N) is 1. The monoisotopic (exact) mass is 270 g/mol. The first-order valence-electron chi connectivity index (χ1n) is 6.37. The first-order chi connectivity index (χ1) is 8.16. The largest absolute Gasteiger partial charge is 0.316 e. The summed E-state index contributed by atoms with van der Waals surface area (Å²) in [6.07, 6.45) is 0. The number of likely N-dealkylation sites (tertiary alicyclic amines) is 1. The Hall–Kier alpha value is -0.0900. The van der Waals surface area contributed by atoms with Crippen LogP contribution in [0.25, 0.3) is 0 Å². The van der Waals surface area contributed by atoms with Crippen LogP contribution >= 0.6 is 22.9 Å². The standard InChI is InChI=1S/C13H19ClN2S/c1-8(10-3-13(14)17-7-10)16-6-11-4-15-5-12(11)9(16)2/h3,7-9,11-12,15H,4-6H2,1-2H3. The van der Waals surface area contributed by atoms with Crippen LogP contribution in [0.2, 0.25) is 4.34 Å². The summed E-state index contributed by atoms with van der Waals surface area (Å²) in [6, 6.07) is 3.30. The molecule has 4 heteroatoms. The van der Waals surface area contributed by atoms with Crippen LogP contribution in [0.15, 0.2) is 11.4 Å². The molecule has 3 heterocycles. The van der Waals surface area contributed by atoms with Crippen LogP contribution in [-0.2, 0) is 0 Å². The zero-order valence-electron chi connectivity index (χ0n) is 10.3. The molecule has 0 bridgehead atoms. The van der Waals surface area contributed by atoms with Crippen molar-refractivity contribution in [3.63, 3.8) is 0 Å². The lowest BCUT2D eigenvalue weighted by Gasteiger charge is -2.30. The van der Waals surface area contributed by atoms with E-state index in [0.717, 1.165) is 16.2 Å². The van der Waals surface area contributed by atoms with Gasteiger partial charge < -0.3 is 5.32 Å². The SMILES string of the molecule is CC(c1csc(Cl)c1)N1CC2CNCC2C1C. The van der Waals surface area contributed by atoms with Crippen molar-refractivity contribution >= 4 is 22.9 Å². The van der Waals surface area contributed by atoms with Crippen LogP contribution in [0.5, 0.6) is 0 Å². The highest BCUT2D eigenvalue weighted by Crippen LogP contribution is 2.39. The summed E-state index contributed by atoms with van der Waals surface area (Å²) in [5.41, 5.74) is 1.37. The Balaban J connectivity index is 1.77. The minimum absolute atomic E-state index is 0.499. The van der Waals surface area contributed by atoms with Crippen LogP contribution in [0, 0.1) is 11.8 Å². The molecule has 0 aromatic carbocycles. The molecule has 94 valence electrons. The number of rotatable bonds is 2. The van der Waals surface area contributed by atoms with Gasteiger partial charge in [-0.2, -0.15) is 0 Å². The third-order valence-electron chi connectivity index (χ3n) is 4.55. The third kappa shape index (κ3) is 2.03. The second-order valence-corrected chi connectivity index (χ2v) is 6.92. The fourth-order valence-corrected chi connectivity index (χ4v) is 4.42. The van der Waals surface area contributed by atoms with Crippen molar-refractivity contribution in [2.75, 3.05) is 19.6 Å². The molecule has 1 aromatic heterocycles. The van der Waals surface area contributed by atoms with Gasteiger partial charge in [0.1, 0.15) is 0 Å². The first-order valence-corrected chi connectivity index (χ1v) is 7.63. The first kappa shape index (κ1) is 12.0. The highest BCUT2D eigenvalue weighted by atomic mass is 35.5. The molecule has 4 atom stereocenters. The van der Waals surface area contributed by atoms with E-state index in [4.69, 9.17) is 11.6 Å². The summed E-state index contributed by atoms with van der Waals surface area (Å²) in [5, 5.41) is 5.71. The van der Waals surface area contributed by atoms with Gasteiger partial charge in [-0.25, -0.2) is 0 Å². The number of fused-ring (bicyclic) bond motifs is 1. The van der Waals surface area contributed by atoms with E-state index < -0.39 is 0 Å². The maximum atomic E-state index is 6.03. The minimum Gasteiger partial charge on any atom is -0.316 e. The number of hydrogen-bond acceptors (Lipinski definition) is 3. The van der Waals surface area contributed by atoms with Gasteiger partial charge in [0.2, 0.25) is 0 Å². The van der Waals surface area contributed by atoms with E-state index in [0.29, 0.717) is 12.1 Å². The molecule has 1 N–H and O–H groups in total. The number of thiophene rings is 1. The normalized spacial score (nSPS) is 35.1. The lowest BCUT2D eigenvalue weighted by Crippen LogP contribution is -2.35. The Bertz CT molecular complexity index is 406. The molecule has 2 saturated heterocycles. The van der Waals surface area contributed by atoms with Gasteiger partial charge in [0, 0.05) is 18.6 Å². The van der Waals surface area contributed by atoms with Crippen molar-refractivity contribution in [2.45, 2.75) is 25.9 Å². The van der Waals surface area contributed by atoms with Crippen molar-refractivity contribution < 1.29 is 0 Å². The summed E-state index contributed by atoms with van der Waals surface area (Å²) in [5.74, 6) is 1.69. The van der Waals surface area contributed by atoms with Crippen molar-refractivity contribution in [1.29, 1.82) is 0 Å². The zero-order chi connectivity index (χ0) is 12.0. The molecular weight excluding hydrogens is 252 g/mol. The number of nitrogens with zero attached hydrogens (tertiary/aromatic N) is 1. The Kier molecular flexibility index (Phi) is 3.20. The molecule has 2 aliphatic rings. The quantitative estimate of drug-likeness (QED) is 0.889. The van der Waals surface area contributed by atoms with E-state index in [9.17, 15) is 0 Å². The van der Waals surface area contributed by atoms with Gasteiger partial charge >= 0.3 is 0 Å². The maximum absolute atomic E-state index is 6.03. The summed E-state index contributed by atoms with van der Waals surface area (Å²) in [4.78, 5) is 2.65. The molecule has 2 fully saturated rings. The summed E-state index contributed by atoms with van der Waals surface area (Å²) in [6.45, 7) is 8.31. The van der Waals surface area contributed by atoms with Crippen LogP contribution in [-0.4, -0.2) is 30.6 Å². The van der Waals surface area contributed by atoms with Crippen LogP contribution in [0.4, 0.5) is 0 Å². The molecule has 0 saturated carbocycles. The Labute approximate surface area is 112 Å². The molecule has 4 unspecified atom stereocenters. The second kappa shape index (κ2) is 4.54. The van der Waals surface area contributed by atoms with Crippen molar-refractivity contribution in [3.05, 3.63) is 21.3 Å². The number of halogens is 1. The fraction of sp³-hybridized carbons (Fsp3) is 0.692. The third-order valence-corrected chi connectivity index (χ3v) is 5.66. The maximum Gasteiger partial charge on any atom is 0.0931 e. The van der Waals surface area contributed by atoms with Gasteiger partial charge in [0.15, 0.2) is 0 Å². The smallest absolute Gasteiger partial charge is 0.0931 e. The van der Waals surface area contributed by atoms with Gasteiger partial charge in [0.25, 0.3) is 0 Å². The molecule has 2 aliphatic heterocycles. The van der Waals surface area contributed by atoms with Gasteiger partial charge in [-0.05, 0) is 55.8 Å². The minimum atomic E-state index is 0.499.